The van der Waals surface area contributed by atoms with Crippen molar-refractivity contribution in [1.29, 1.82) is 0 Å². The van der Waals surface area contributed by atoms with Gasteiger partial charge in [-0.2, -0.15) is 11.8 Å². The number of pyridine rings is 1. The van der Waals surface area contributed by atoms with Gasteiger partial charge in [-0.3, -0.25) is 4.98 Å². The summed E-state index contributed by atoms with van der Waals surface area (Å²) in [5, 5.41) is 1.10. The number of rotatable bonds is 5. The van der Waals surface area contributed by atoms with Gasteiger partial charge in [0, 0.05) is 28.7 Å². The van der Waals surface area contributed by atoms with Crippen molar-refractivity contribution in [1.82, 2.24) is 4.98 Å². The zero-order valence-electron chi connectivity index (χ0n) is 12.1. The van der Waals surface area contributed by atoms with Crippen LogP contribution in [0.3, 0.4) is 0 Å². The van der Waals surface area contributed by atoms with Crippen LogP contribution in [0.2, 0.25) is 0 Å². The first-order valence-electron chi connectivity index (χ1n) is 6.64. The van der Waals surface area contributed by atoms with E-state index in [0.29, 0.717) is 6.04 Å². The fraction of sp³-hybridized carbons (Fsp3) is 0.400. The minimum absolute atomic E-state index is 0.469. The van der Waals surface area contributed by atoms with Crippen molar-refractivity contribution < 1.29 is 0 Å². The molecule has 2 rings (SSSR count). The molecule has 0 aliphatic rings. The van der Waals surface area contributed by atoms with E-state index in [9.17, 15) is 0 Å². The van der Waals surface area contributed by atoms with Crippen LogP contribution < -0.4 is 10.6 Å². The number of halogens is 1. The second-order valence-corrected chi connectivity index (χ2v) is 6.68. The summed E-state index contributed by atoms with van der Waals surface area (Å²) in [5.74, 6) is 1.09. The van der Waals surface area contributed by atoms with Crippen molar-refractivity contribution in [2.24, 2.45) is 0 Å². The summed E-state index contributed by atoms with van der Waals surface area (Å²) in [5.41, 5.74) is 8.99. The van der Waals surface area contributed by atoms with E-state index in [1.165, 1.54) is 0 Å². The number of nitrogens with two attached hydrogens (primary N) is 1. The maximum absolute atomic E-state index is 6.20. The molecule has 2 N–H and O–H groups in total. The molecule has 1 aromatic carbocycles. The quantitative estimate of drug-likeness (QED) is 0.876. The van der Waals surface area contributed by atoms with Gasteiger partial charge in [-0.1, -0.05) is 22.9 Å². The van der Waals surface area contributed by atoms with Crippen molar-refractivity contribution in [2.75, 3.05) is 29.7 Å². The van der Waals surface area contributed by atoms with Crippen molar-refractivity contribution in [3.05, 3.63) is 28.9 Å². The number of fused-ring (bicyclic) bond motifs is 1. The molecule has 0 bridgehead atoms. The molecule has 5 heteroatoms. The summed E-state index contributed by atoms with van der Waals surface area (Å²) >= 11 is 5.40. The molecular formula is C15H20BrN3S. The van der Waals surface area contributed by atoms with Crippen molar-refractivity contribution >= 4 is 50.0 Å². The van der Waals surface area contributed by atoms with Crippen LogP contribution in [0.4, 0.5) is 11.4 Å². The first-order valence-corrected chi connectivity index (χ1v) is 8.82. The van der Waals surface area contributed by atoms with Crippen LogP contribution in [0.1, 0.15) is 13.3 Å². The summed E-state index contributed by atoms with van der Waals surface area (Å²) < 4.78 is 1.05. The van der Waals surface area contributed by atoms with Gasteiger partial charge >= 0.3 is 0 Å². The standard InChI is InChI=1S/C15H20BrN3S/c1-4-11(9-20-3)19(2)15-12-7-10(16)5-6-14(12)18-8-13(15)17/h5-8,11H,4,9,17H2,1-3H3. The van der Waals surface area contributed by atoms with Crippen LogP contribution in [0.25, 0.3) is 10.9 Å². The van der Waals surface area contributed by atoms with E-state index in [1.54, 1.807) is 6.20 Å². The van der Waals surface area contributed by atoms with Crippen LogP contribution in [0, 0.1) is 0 Å². The monoisotopic (exact) mass is 353 g/mol. The minimum atomic E-state index is 0.469. The van der Waals surface area contributed by atoms with Gasteiger partial charge in [-0.05, 0) is 30.9 Å². The molecule has 0 amide bonds. The van der Waals surface area contributed by atoms with E-state index < -0.39 is 0 Å². The largest absolute Gasteiger partial charge is 0.396 e. The molecule has 0 spiro atoms. The second kappa shape index (κ2) is 6.68. The van der Waals surface area contributed by atoms with Crippen molar-refractivity contribution in [2.45, 2.75) is 19.4 Å². The van der Waals surface area contributed by atoms with E-state index >= 15 is 0 Å². The molecular weight excluding hydrogens is 334 g/mol. The average molecular weight is 354 g/mol. The zero-order chi connectivity index (χ0) is 14.7. The molecule has 3 nitrogen and oxygen atoms in total. The lowest BCUT2D eigenvalue weighted by atomic mass is 10.1. The average Bonchev–Trinajstić information content (AvgIpc) is 2.43. The van der Waals surface area contributed by atoms with Gasteiger partial charge in [-0.15, -0.1) is 0 Å². The lowest BCUT2D eigenvalue weighted by molar-refractivity contribution is 0.675. The van der Waals surface area contributed by atoms with Gasteiger partial charge in [0.05, 0.1) is 23.1 Å². The molecule has 2 aromatic rings. The van der Waals surface area contributed by atoms with Gasteiger partial charge in [0.25, 0.3) is 0 Å². The van der Waals surface area contributed by atoms with Gasteiger partial charge in [0.15, 0.2) is 0 Å². The number of aromatic nitrogens is 1. The van der Waals surface area contributed by atoms with Crippen LogP contribution in [-0.2, 0) is 0 Å². The zero-order valence-corrected chi connectivity index (χ0v) is 14.5. The third-order valence-corrected chi connectivity index (χ3v) is 4.77. The normalized spacial score (nSPS) is 12.6. The Balaban J connectivity index is 2.56. The Labute approximate surface area is 133 Å². The lowest BCUT2D eigenvalue weighted by Gasteiger charge is -2.30. The third kappa shape index (κ3) is 3.04. The molecule has 0 saturated heterocycles. The third-order valence-electron chi connectivity index (χ3n) is 3.56. The molecule has 0 fully saturated rings. The Bertz CT molecular complexity index is 598. The molecule has 1 aromatic heterocycles. The summed E-state index contributed by atoms with van der Waals surface area (Å²) in [6, 6.07) is 6.59. The fourth-order valence-corrected chi connectivity index (χ4v) is 3.64. The predicted molar refractivity (Wildman–Crippen MR) is 94.7 cm³/mol. The van der Waals surface area contributed by atoms with Crippen molar-refractivity contribution in [3.8, 4) is 0 Å². The number of nitrogens with zero attached hydrogens (tertiary/aromatic N) is 2. The summed E-state index contributed by atoms with van der Waals surface area (Å²) in [4.78, 5) is 6.71. The van der Waals surface area contributed by atoms with E-state index in [4.69, 9.17) is 5.73 Å². The smallest absolute Gasteiger partial charge is 0.0745 e. The number of benzene rings is 1. The van der Waals surface area contributed by atoms with E-state index in [1.807, 2.05) is 23.9 Å². The molecule has 20 heavy (non-hydrogen) atoms. The van der Waals surface area contributed by atoms with Gasteiger partial charge in [-0.25, -0.2) is 0 Å². The van der Waals surface area contributed by atoms with Gasteiger partial charge < -0.3 is 10.6 Å². The molecule has 0 radical (unpaired) electrons. The van der Waals surface area contributed by atoms with Crippen LogP contribution in [-0.4, -0.2) is 30.1 Å². The summed E-state index contributed by atoms with van der Waals surface area (Å²) in [7, 11) is 2.12. The van der Waals surface area contributed by atoms with E-state index in [2.05, 4.69) is 52.1 Å². The number of hydrogen-bond donors (Lipinski definition) is 1. The van der Waals surface area contributed by atoms with E-state index in [0.717, 1.165) is 38.9 Å². The van der Waals surface area contributed by atoms with Gasteiger partial charge in [0.2, 0.25) is 0 Å². The highest BCUT2D eigenvalue weighted by molar-refractivity contribution is 9.10. The van der Waals surface area contributed by atoms with Gasteiger partial charge in [0.1, 0.15) is 0 Å². The number of nitrogen functional groups attached to an aromatic ring is 1. The fourth-order valence-electron chi connectivity index (χ4n) is 2.44. The number of hydrogen-bond acceptors (Lipinski definition) is 4. The molecule has 0 aliphatic carbocycles. The minimum Gasteiger partial charge on any atom is -0.396 e. The highest BCUT2D eigenvalue weighted by atomic mass is 79.9. The van der Waals surface area contributed by atoms with Crippen LogP contribution in [0.15, 0.2) is 28.9 Å². The topological polar surface area (TPSA) is 42.1 Å². The number of thioether (sulfide) groups is 1. The van der Waals surface area contributed by atoms with Crippen LogP contribution in [0.5, 0.6) is 0 Å². The maximum Gasteiger partial charge on any atom is 0.0745 e. The highest BCUT2D eigenvalue weighted by Crippen LogP contribution is 2.34. The Kier molecular flexibility index (Phi) is 5.16. The number of anilines is 2. The summed E-state index contributed by atoms with van der Waals surface area (Å²) in [6.45, 7) is 2.22. The molecule has 0 aliphatic heterocycles. The predicted octanol–water partition coefficient (Wildman–Crippen LogP) is 4.16. The van der Waals surface area contributed by atoms with Crippen LogP contribution >= 0.6 is 27.7 Å². The second-order valence-electron chi connectivity index (χ2n) is 4.85. The highest BCUT2D eigenvalue weighted by Gasteiger charge is 2.18. The Hall–Kier alpha value is -0.940. The van der Waals surface area contributed by atoms with Crippen molar-refractivity contribution in [3.63, 3.8) is 0 Å². The Morgan fingerprint density at radius 3 is 2.85 bits per heavy atom. The Morgan fingerprint density at radius 2 is 2.20 bits per heavy atom. The molecule has 1 unspecified atom stereocenters. The van der Waals surface area contributed by atoms with E-state index in [-0.39, 0.29) is 0 Å². The lowest BCUT2D eigenvalue weighted by Crippen LogP contribution is -2.33. The Morgan fingerprint density at radius 1 is 1.45 bits per heavy atom. The molecule has 1 heterocycles. The SMILES string of the molecule is CCC(CSC)N(C)c1c(N)cnc2ccc(Br)cc12. The molecule has 108 valence electrons. The summed E-state index contributed by atoms with van der Waals surface area (Å²) in [6.07, 6.45) is 4.99. The molecule has 1 atom stereocenters. The first kappa shape index (κ1) is 15.4. The maximum atomic E-state index is 6.20. The molecule has 0 saturated carbocycles. The first-order chi connectivity index (χ1) is 9.58.